The number of hydrogen-bond acceptors (Lipinski definition) is 5. The van der Waals surface area contributed by atoms with Crippen molar-refractivity contribution in [3.63, 3.8) is 0 Å². The van der Waals surface area contributed by atoms with Gasteiger partial charge in [0.05, 0.1) is 18.8 Å². The summed E-state index contributed by atoms with van der Waals surface area (Å²) in [5, 5.41) is 2.83. The molecule has 0 aliphatic carbocycles. The van der Waals surface area contributed by atoms with Crippen molar-refractivity contribution in [3.05, 3.63) is 36.5 Å². The van der Waals surface area contributed by atoms with Crippen LogP contribution in [0.5, 0.6) is 0 Å². The smallest absolute Gasteiger partial charge is 0.303 e. The Morgan fingerprint density at radius 3 is 2.71 bits per heavy atom. The molecular weight excluding hydrogens is 310 g/mol. The lowest BCUT2D eigenvalue weighted by molar-refractivity contribution is -0.217. The monoisotopic (exact) mass is 337 g/mol. The number of allylic oxidation sites excluding steroid dienone is 2. The minimum absolute atomic E-state index is 0.163. The standard InChI is InChI=1S/C18H27NO5/c1-6-12(2)7-10-18-22-11-16(14(4)24-18)19-17(21)9-8-13(3)23-15(5)20/h6-9,13-14,16,18H,1,10-11H2,2-5H3,(H,19,21)/b9-8-,12-7+/t13-,14+,16+,18-/m0/s1. The van der Waals surface area contributed by atoms with Crippen molar-refractivity contribution in [1.29, 1.82) is 0 Å². The van der Waals surface area contributed by atoms with Gasteiger partial charge in [-0.15, -0.1) is 0 Å². The number of esters is 1. The van der Waals surface area contributed by atoms with E-state index in [1.807, 2.05) is 19.9 Å². The Hall–Kier alpha value is -1.92. The SMILES string of the molecule is C=C/C(C)=C/C[C@H]1OC[C@@H](NC(=O)/C=C\[C@H](C)OC(C)=O)[C@@H](C)O1. The molecule has 0 aromatic carbocycles. The normalized spacial score (nSPS) is 26.0. The molecule has 24 heavy (non-hydrogen) atoms. The van der Waals surface area contributed by atoms with Crippen molar-refractivity contribution in [3.8, 4) is 0 Å². The first-order chi connectivity index (χ1) is 11.3. The van der Waals surface area contributed by atoms with E-state index in [0.717, 1.165) is 5.57 Å². The maximum absolute atomic E-state index is 11.9. The molecule has 1 amide bonds. The fourth-order valence-electron chi connectivity index (χ4n) is 2.12. The highest BCUT2D eigenvalue weighted by Crippen LogP contribution is 2.16. The van der Waals surface area contributed by atoms with Crippen LogP contribution in [0, 0.1) is 0 Å². The van der Waals surface area contributed by atoms with E-state index in [2.05, 4.69) is 11.9 Å². The van der Waals surface area contributed by atoms with Crippen molar-refractivity contribution in [2.45, 2.75) is 58.7 Å². The minimum atomic E-state index is -0.450. The summed E-state index contributed by atoms with van der Waals surface area (Å²) in [7, 11) is 0. The lowest BCUT2D eigenvalue weighted by atomic mass is 10.1. The molecule has 0 saturated carbocycles. The zero-order valence-electron chi connectivity index (χ0n) is 14.8. The number of carbonyl (C=O) groups excluding carboxylic acids is 2. The Labute approximate surface area is 143 Å². The first-order valence-electron chi connectivity index (χ1n) is 8.04. The van der Waals surface area contributed by atoms with E-state index in [-0.39, 0.29) is 30.3 Å². The van der Waals surface area contributed by atoms with Crippen molar-refractivity contribution in [1.82, 2.24) is 5.32 Å². The number of nitrogens with one attached hydrogen (secondary N) is 1. The van der Waals surface area contributed by atoms with E-state index in [1.165, 1.54) is 19.1 Å². The first-order valence-corrected chi connectivity index (χ1v) is 8.04. The highest BCUT2D eigenvalue weighted by atomic mass is 16.7. The number of ether oxygens (including phenoxy) is 3. The molecule has 0 unspecified atom stereocenters. The summed E-state index contributed by atoms with van der Waals surface area (Å²) >= 11 is 0. The van der Waals surface area contributed by atoms with Gasteiger partial charge in [0.2, 0.25) is 5.91 Å². The summed E-state index contributed by atoms with van der Waals surface area (Å²) in [4.78, 5) is 22.7. The van der Waals surface area contributed by atoms with Gasteiger partial charge in [-0.05, 0) is 26.8 Å². The summed E-state index contributed by atoms with van der Waals surface area (Å²) in [6.07, 6.45) is 6.37. The molecule has 1 rings (SSSR count). The van der Waals surface area contributed by atoms with Crippen molar-refractivity contribution < 1.29 is 23.8 Å². The zero-order chi connectivity index (χ0) is 18.1. The van der Waals surface area contributed by atoms with Gasteiger partial charge in [0.25, 0.3) is 0 Å². The van der Waals surface area contributed by atoms with E-state index < -0.39 is 6.10 Å². The topological polar surface area (TPSA) is 73.9 Å². The van der Waals surface area contributed by atoms with Gasteiger partial charge in [-0.3, -0.25) is 9.59 Å². The van der Waals surface area contributed by atoms with E-state index in [4.69, 9.17) is 14.2 Å². The fraction of sp³-hybridized carbons (Fsp3) is 0.556. The van der Waals surface area contributed by atoms with Gasteiger partial charge in [0, 0.05) is 19.4 Å². The molecule has 0 bridgehead atoms. The van der Waals surface area contributed by atoms with E-state index >= 15 is 0 Å². The molecule has 4 atom stereocenters. The highest BCUT2D eigenvalue weighted by molar-refractivity contribution is 5.87. The average molecular weight is 337 g/mol. The van der Waals surface area contributed by atoms with Crippen LogP contribution in [0.15, 0.2) is 36.5 Å². The Bertz CT molecular complexity index is 512. The van der Waals surface area contributed by atoms with Crippen LogP contribution in [-0.2, 0) is 23.8 Å². The van der Waals surface area contributed by atoms with Crippen molar-refractivity contribution in [2.75, 3.05) is 6.61 Å². The molecule has 1 aliphatic rings. The minimum Gasteiger partial charge on any atom is -0.459 e. The molecule has 134 valence electrons. The van der Waals surface area contributed by atoms with Crippen LogP contribution < -0.4 is 5.32 Å². The molecule has 0 spiro atoms. The number of amides is 1. The summed E-state index contributed by atoms with van der Waals surface area (Å²) in [5.74, 6) is -0.666. The molecule has 6 heteroatoms. The van der Waals surface area contributed by atoms with Crippen LogP contribution >= 0.6 is 0 Å². The van der Waals surface area contributed by atoms with Gasteiger partial charge in [0.1, 0.15) is 6.10 Å². The molecule has 0 radical (unpaired) electrons. The van der Waals surface area contributed by atoms with Crippen LogP contribution in [-0.4, -0.2) is 43.0 Å². The molecule has 6 nitrogen and oxygen atoms in total. The molecule has 1 heterocycles. The van der Waals surface area contributed by atoms with Crippen LogP contribution in [0.4, 0.5) is 0 Å². The summed E-state index contributed by atoms with van der Waals surface area (Å²) in [6.45, 7) is 11.0. The third-order valence-electron chi connectivity index (χ3n) is 3.55. The Morgan fingerprint density at radius 1 is 1.42 bits per heavy atom. The molecule has 0 aromatic rings. The van der Waals surface area contributed by atoms with E-state index in [0.29, 0.717) is 13.0 Å². The Balaban J connectivity index is 2.42. The van der Waals surface area contributed by atoms with Gasteiger partial charge < -0.3 is 19.5 Å². The van der Waals surface area contributed by atoms with Gasteiger partial charge >= 0.3 is 5.97 Å². The van der Waals surface area contributed by atoms with Crippen LogP contribution in [0.3, 0.4) is 0 Å². The van der Waals surface area contributed by atoms with Crippen molar-refractivity contribution >= 4 is 11.9 Å². The molecule has 1 saturated heterocycles. The van der Waals surface area contributed by atoms with Gasteiger partial charge in [0.15, 0.2) is 6.29 Å². The molecule has 1 aliphatic heterocycles. The second-order valence-electron chi connectivity index (χ2n) is 5.78. The lowest BCUT2D eigenvalue weighted by Crippen LogP contribution is -2.51. The second kappa shape index (κ2) is 10.1. The largest absolute Gasteiger partial charge is 0.459 e. The molecular formula is C18H27NO5. The van der Waals surface area contributed by atoms with E-state index in [1.54, 1.807) is 13.0 Å². The van der Waals surface area contributed by atoms with Crippen molar-refractivity contribution in [2.24, 2.45) is 0 Å². The quantitative estimate of drug-likeness (QED) is 0.438. The number of hydrogen-bond donors (Lipinski definition) is 1. The van der Waals surface area contributed by atoms with Gasteiger partial charge in [-0.1, -0.05) is 24.3 Å². The Kier molecular flexibility index (Phi) is 8.43. The fourth-order valence-corrected chi connectivity index (χ4v) is 2.12. The van der Waals surface area contributed by atoms with Gasteiger partial charge in [-0.2, -0.15) is 0 Å². The average Bonchev–Trinajstić information content (AvgIpc) is 2.52. The van der Waals surface area contributed by atoms with Crippen LogP contribution in [0.2, 0.25) is 0 Å². The Morgan fingerprint density at radius 2 is 2.12 bits per heavy atom. The summed E-state index contributed by atoms with van der Waals surface area (Å²) < 4.78 is 16.3. The molecule has 1 fully saturated rings. The summed E-state index contributed by atoms with van der Waals surface area (Å²) in [5.41, 5.74) is 1.07. The van der Waals surface area contributed by atoms with E-state index in [9.17, 15) is 9.59 Å². The molecule has 0 aromatic heterocycles. The predicted octanol–water partition coefficient (Wildman–Crippen LogP) is 2.26. The van der Waals surface area contributed by atoms with Crippen LogP contribution in [0.25, 0.3) is 0 Å². The van der Waals surface area contributed by atoms with Gasteiger partial charge in [-0.25, -0.2) is 0 Å². The maximum atomic E-state index is 11.9. The first kappa shape index (κ1) is 20.1. The highest BCUT2D eigenvalue weighted by Gasteiger charge is 2.29. The number of rotatable bonds is 7. The summed E-state index contributed by atoms with van der Waals surface area (Å²) in [6, 6.07) is -0.230. The predicted molar refractivity (Wildman–Crippen MR) is 91.2 cm³/mol. The maximum Gasteiger partial charge on any atom is 0.303 e. The third kappa shape index (κ3) is 7.57. The van der Waals surface area contributed by atoms with Crippen LogP contribution in [0.1, 0.15) is 34.1 Å². The lowest BCUT2D eigenvalue weighted by Gasteiger charge is -2.34. The molecule has 1 N–H and O–H groups in total. The second-order valence-corrected chi connectivity index (χ2v) is 5.78. The number of carbonyl (C=O) groups is 2. The third-order valence-corrected chi connectivity index (χ3v) is 3.55. The zero-order valence-corrected chi connectivity index (χ0v) is 14.8.